The van der Waals surface area contributed by atoms with Gasteiger partial charge in [0.2, 0.25) is 0 Å². The zero-order valence-electron chi connectivity index (χ0n) is 19.4. The molecule has 4 aromatic rings. The van der Waals surface area contributed by atoms with Crippen LogP contribution in [0.25, 0.3) is 10.8 Å². The molecule has 0 fully saturated rings. The predicted octanol–water partition coefficient (Wildman–Crippen LogP) is 7.08. The summed E-state index contributed by atoms with van der Waals surface area (Å²) in [5, 5.41) is 22.7. The molecule has 0 bridgehead atoms. The molecule has 3 N–H and O–H groups in total. The molecule has 0 heterocycles. The van der Waals surface area contributed by atoms with E-state index in [0.717, 1.165) is 0 Å². The Hall–Kier alpha value is -3.70. The van der Waals surface area contributed by atoms with Crippen LogP contribution in [0.1, 0.15) is 15.9 Å². The number of halogens is 2. The number of nitrogens with one attached hydrogen (secondary N) is 1. The minimum Gasteiger partial charge on any atom is -0.505 e. The highest BCUT2D eigenvalue weighted by atomic mass is 35.5. The zero-order chi connectivity index (χ0) is 26.9. The molecule has 0 unspecified atom stereocenters. The average Bonchev–Trinajstić information content (AvgIpc) is 2.85. The Labute approximate surface area is 222 Å². The molecule has 0 aromatic heterocycles. The van der Waals surface area contributed by atoms with Gasteiger partial charge in [0, 0.05) is 5.39 Å². The molecule has 37 heavy (non-hydrogen) atoms. The number of phenols is 1. The number of aromatic hydroxyl groups is 1. The summed E-state index contributed by atoms with van der Waals surface area (Å²) in [6, 6.07) is 15.9. The van der Waals surface area contributed by atoms with Crippen LogP contribution in [0.15, 0.2) is 75.8 Å². The smallest absolute Gasteiger partial charge is 0.298 e. The predicted molar refractivity (Wildman–Crippen MR) is 142 cm³/mol. The Balaban J connectivity index is 1.86. The van der Waals surface area contributed by atoms with Crippen molar-refractivity contribution in [2.75, 3.05) is 12.4 Å². The first kappa shape index (κ1) is 26.4. The number of nitrogens with zero attached hydrogens (tertiary/aromatic N) is 2. The quantitative estimate of drug-likeness (QED) is 0.170. The standard InChI is InChI=1S/C25H19Cl2N3O6S/c1-13-10-11-18(24(20(13)27)37(33,34)35)29-30-21-15-7-4-3-6-14(15)12-16(23(21)31)25(32)28-22-17(26)8-5-9-19(22)36-2/h3-12,31H,1-2H3,(H,28,32)(H,33,34,35). The van der Waals surface area contributed by atoms with E-state index in [1.54, 1.807) is 49.4 Å². The van der Waals surface area contributed by atoms with E-state index in [9.17, 15) is 22.9 Å². The highest BCUT2D eigenvalue weighted by molar-refractivity contribution is 7.86. The number of hydrogen-bond acceptors (Lipinski definition) is 7. The molecule has 0 atom stereocenters. The summed E-state index contributed by atoms with van der Waals surface area (Å²) in [4.78, 5) is 12.6. The van der Waals surface area contributed by atoms with E-state index in [2.05, 4.69) is 15.5 Å². The molecular formula is C25H19Cl2N3O6S. The number of ether oxygens (including phenoxy) is 1. The van der Waals surface area contributed by atoms with Crippen LogP contribution in [0.2, 0.25) is 10.0 Å². The van der Waals surface area contributed by atoms with E-state index in [4.69, 9.17) is 27.9 Å². The topological polar surface area (TPSA) is 138 Å². The van der Waals surface area contributed by atoms with Crippen LogP contribution in [0, 0.1) is 6.92 Å². The first-order valence-corrected chi connectivity index (χ1v) is 12.8. The van der Waals surface area contributed by atoms with Gasteiger partial charge in [0.1, 0.15) is 27.7 Å². The summed E-state index contributed by atoms with van der Waals surface area (Å²) in [6.45, 7) is 1.56. The van der Waals surface area contributed by atoms with E-state index in [1.807, 2.05) is 0 Å². The number of carbonyl (C=O) groups is 1. The largest absolute Gasteiger partial charge is 0.505 e. The molecule has 0 aliphatic rings. The second-order valence-electron chi connectivity index (χ2n) is 7.83. The number of phenolic OH excluding ortho intramolecular Hbond substituents is 1. The molecule has 0 saturated heterocycles. The van der Waals surface area contributed by atoms with Crippen molar-refractivity contribution in [3.05, 3.63) is 81.8 Å². The maximum Gasteiger partial charge on any atom is 0.298 e. The summed E-state index contributed by atoms with van der Waals surface area (Å²) in [7, 11) is -3.33. The van der Waals surface area contributed by atoms with Gasteiger partial charge in [-0.25, -0.2) is 0 Å². The fourth-order valence-corrected chi connectivity index (χ4v) is 5.07. The Bertz CT molecular complexity index is 1690. The van der Waals surface area contributed by atoms with Crippen LogP contribution in [0.5, 0.6) is 11.5 Å². The van der Waals surface area contributed by atoms with Gasteiger partial charge in [-0.2, -0.15) is 8.42 Å². The van der Waals surface area contributed by atoms with Crippen LogP contribution in [-0.4, -0.2) is 31.1 Å². The number of aryl methyl sites for hydroxylation is 1. The van der Waals surface area contributed by atoms with E-state index >= 15 is 0 Å². The van der Waals surface area contributed by atoms with Crippen molar-refractivity contribution in [2.24, 2.45) is 10.2 Å². The third kappa shape index (κ3) is 5.23. The lowest BCUT2D eigenvalue weighted by Gasteiger charge is -2.14. The summed E-state index contributed by atoms with van der Waals surface area (Å²) in [5.41, 5.74) is 0.103. The van der Waals surface area contributed by atoms with Crippen LogP contribution in [0.4, 0.5) is 17.1 Å². The number of anilines is 1. The minimum atomic E-state index is -4.75. The number of carbonyl (C=O) groups excluding carboxylic acids is 1. The molecule has 12 heteroatoms. The van der Waals surface area contributed by atoms with Crippen LogP contribution in [-0.2, 0) is 10.1 Å². The molecule has 4 aromatic carbocycles. The third-order valence-electron chi connectivity index (χ3n) is 5.46. The first-order chi connectivity index (χ1) is 17.5. The molecule has 9 nitrogen and oxygen atoms in total. The Kier molecular flexibility index (Phi) is 7.37. The van der Waals surface area contributed by atoms with Gasteiger partial charge in [0.05, 0.1) is 22.7 Å². The maximum absolute atomic E-state index is 13.2. The van der Waals surface area contributed by atoms with Gasteiger partial charge in [0.15, 0.2) is 5.75 Å². The van der Waals surface area contributed by atoms with Gasteiger partial charge in [-0.3, -0.25) is 9.35 Å². The van der Waals surface area contributed by atoms with E-state index in [0.29, 0.717) is 22.1 Å². The monoisotopic (exact) mass is 559 g/mol. The van der Waals surface area contributed by atoms with Crippen LogP contribution in [0.3, 0.4) is 0 Å². The van der Waals surface area contributed by atoms with Gasteiger partial charge in [-0.1, -0.05) is 59.6 Å². The van der Waals surface area contributed by atoms with E-state index < -0.39 is 26.7 Å². The van der Waals surface area contributed by atoms with Crippen molar-refractivity contribution in [1.29, 1.82) is 0 Å². The summed E-state index contributed by atoms with van der Waals surface area (Å²) >= 11 is 12.3. The molecule has 0 aliphatic heterocycles. The number of hydrogen-bond donors (Lipinski definition) is 3. The Morgan fingerprint density at radius 3 is 2.46 bits per heavy atom. The number of amides is 1. The summed E-state index contributed by atoms with van der Waals surface area (Å²) in [5.74, 6) is -0.907. The minimum absolute atomic E-state index is 0.104. The highest BCUT2D eigenvalue weighted by Crippen LogP contribution is 2.42. The third-order valence-corrected chi connectivity index (χ3v) is 7.30. The SMILES string of the molecule is COc1cccc(Cl)c1NC(=O)c1cc2ccccc2c(N=Nc2ccc(C)c(Cl)c2S(=O)(=O)O)c1O. The van der Waals surface area contributed by atoms with Gasteiger partial charge in [-0.05, 0) is 42.1 Å². The molecule has 1 amide bonds. The number of rotatable bonds is 6. The van der Waals surface area contributed by atoms with Gasteiger partial charge >= 0.3 is 0 Å². The van der Waals surface area contributed by atoms with Crippen LogP contribution < -0.4 is 10.1 Å². The number of benzene rings is 4. The Morgan fingerprint density at radius 2 is 1.76 bits per heavy atom. The number of methoxy groups -OCH3 is 1. The molecule has 0 aliphatic carbocycles. The highest BCUT2D eigenvalue weighted by Gasteiger charge is 2.23. The normalized spacial score (nSPS) is 11.7. The van der Waals surface area contributed by atoms with Gasteiger partial charge in [-0.15, -0.1) is 10.2 Å². The lowest BCUT2D eigenvalue weighted by molar-refractivity contribution is 0.102. The lowest BCUT2D eigenvalue weighted by atomic mass is 10.0. The molecule has 0 radical (unpaired) electrons. The molecule has 4 rings (SSSR count). The second kappa shape index (κ2) is 10.3. The van der Waals surface area contributed by atoms with Crippen molar-refractivity contribution in [2.45, 2.75) is 11.8 Å². The van der Waals surface area contributed by atoms with Crippen molar-refractivity contribution < 1.29 is 27.6 Å². The van der Waals surface area contributed by atoms with E-state index in [1.165, 1.54) is 25.3 Å². The van der Waals surface area contributed by atoms with E-state index in [-0.39, 0.29) is 32.7 Å². The van der Waals surface area contributed by atoms with Crippen molar-refractivity contribution in [3.63, 3.8) is 0 Å². The average molecular weight is 560 g/mol. The molecular weight excluding hydrogens is 541 g/mol. The lowest BCUT2D eigenvalue weighted by Crippen LogP contribution is -2.13. The summed E-state index contributed by atoms with van der Waals surface area (Å²) in [6.07, 6.45) is 0. The summed E-state index contributed by atoms with van der Waals surface area (Å²) < 4.78 is 38.9. The molecule has 0 saturated carbocycles. The first-order valence-electron chi connectivity index (χ1n) is 10.6. The van der Waals surface area contributed by atoms with Crippen molar-refractivity contribution in [1.82, 2.24) is 0 Å². The van der Waals surface area contributed by atoms with Crippen molar-refractivity contribution in [3.8, 4) is 11.5 Å². The fraction of sp³-hybridized carbons (Fsp3) is 0.0800. The number of fused-ring (bicyclic) bond motifs is 1. The maximum atomic E-state index is 13.2. The number of para-hydroxylation sites is 1. The molecule has 190 valence electrons. The zero-order valence-corrected chi connectivity index (χ0v) is 21.7. The fourth-order valence-electron chi connectivity index (χ4n) is 3.64. The van der Waals surface area contributed by atoms with Crippen LogP contribution >= 0.6 is 23.2 Å². The Morgan fingerprint density at radius 1 is 1.03 bits per heavy atom. The molecule has 0 spiro atoms. The number of azo groups is 1. The van der Waals surface area contributed by atoms with Gasteiger partial charge in [0.25, 0.3) is 16.0 Å². The van der Waals surface area contributed by atoms with Gasteiger partial charge < -0.3 is 15.2 Å². The van der Waals surface area contributed by atoms with Crippen molar-refractivity contribution >= 4 is 67.1 Å². The second-order valence-corrected chi connectivity index (χ2v) is 9.98.